The van der Waals surface area contributed by atoms with E-state index in [0.29, 0.717) is 10.8 Å². The van der Waals surface area contributed by atoms with E-state index in [4.69, 9.17) is 0 Å². The average molecular weight is 244 g/mol. The lowest BCUT2D eigenvalue weighted by atomic mass is 10.5. The predicted octanol–water partition coefficient (Wildman–Crippen LogP) is 0.975. The van der Waals surface area contributed by atoms with E-state index in [1.807, 2.05) is 0 Å². The van der Waals surface area contributed by atoms with Gasteiger partial charge in [0.1, 0.15) is 4.90 Å². The van der Waals surface area contributed by atoms with Crippen molar-refractivity contribution < 1.29 is 8.42 Å². The summed E-state index contributed by atoms with van der Waals surface area (Å²) in [6, 6.07) is 0. The fraction of sp³-hybridized carbons (Fsp3) is 0.143. The molecule has 2 N–H and O–H groups in total. The van der Waals surface area contributed by atoms with Gasteiger partial charge in [-0.3, -0.25) is 9.82 Å². The summed E-state index contributed by atoms with van der Waals surface area (Å²) < 4.78 is 25.9. The highest BCUT2D eigenvalue weighted by atomic mass is 32.2. The fourth-order valence-electron chi connectivity index (χ4n) is 1.05. The highest BCUT2D eigenvalue weighted by Crippen LogP contribution is 2.18. The summed E-state index contributed by atoms with van der Waals surface area (Å²) in [6.45, 7) is 1.64. The molecule has 2 aromatic heterocycles. The molecular weight excluding hydrogens is 236 g/mol. The first-order valence-corrected chi connectivity index (χ1v) is 6.38. The van der Waals surface area contributed by atoms with Crippen molar-refractivity contribution in [2.75, 3.05) is 4.72 Å². The summed E-state index contributed by atoms with van der Waals surface area (Å²) in [5, 5.41) is 8.26. The van der Waals surface area contributed by atoms with Crippen LogP contribution in [0, 0.1) is 6.92 Å². The van der Waals surface area contributed by atoms with Crippen LogP contribution in [0.1, 0.15) is 5.69 Å². The molecule has 2 aromatic rings. The Bertz CT molecular complexity index is 543. The van der Waals surface area contributed by atoms with Crippen LogP contribution in [-0.2, 0) is 10.0 Å². The van der Waals surface area contributed by atoms with Crippen LogP contribution < -0.4 is 4.72 Å². The van der Waals surface area contributed by atoms with Crippen molar-refractivity contribution in [3.05, 3.63) is 23.5 Å². The number of aromatic amines is 1. The highest BCUT2D eigenvalue weighted by molar-refractivity contribution is 7.93. The lowest BCUT2D eigenvalue weighted by molar-refractivity contribution is 0.600. The van der Waals surface area contributed by atoms with Crippen LogP contribution >= 0.6 is 11.3 Å². The van der Waals surface area contributed by atoms with Gasteiger partial charge in [0.15, 0.2) is 5.13 Å². The molecule has 0 fully saturated rings. The number of hydrogen-bond donors (Lipinski definition) is 2. The summed E-state index contributed by atoms with van der Waals surface area (Å²) >= 11 is 1.22. The lowest BCUT2D eigenvalue weighted by Crippen LogP contribution is -2.13. The van der Waals surface area contributed by atoms with Crippen molar-refractivity contribution in [1.29, 1.82) is 0 Å². The maximum Gasteiger partial charge on any atom is 0.267 e. The van der Waals surface area contributed by atoms with Gasteiger partial charge in [-0.05, 0) is 6.92 Å². The number of thiazole rings is 1. The van der Waals surface area contributed by atoms with E-state index in [1.54, 1.807) is 12.3 Å². The second-order valence-corrected chi connectivity index (χ2v) is 5.35. The number of nitrogens with one attached hydrogen (secondary N) is 2. The second kappa shape index (κ2) is 3.63. The van der Waals surface area contributed by atoms with Gasteiger partial charge < -0.3 is 0 Å². The summed E-state index contributed by atoms with van der Waals surface area (Å²) in [5.74, 6) is 0. The number of anilines is 1. The molecule has 0 aromatic carbocycles. The highest BCUT2D eigenvalue weighted by Gasteiger charge is 2.19. The summed E-state index contributed by atoms with van der Waals surface area (Å²) in [5.41, 5.74) is 0.499. The average Bonchev–Trinajstić information content (AvgIpc) is 2.75. The van der Waals surface area contributed by atoms with Gasteiger partial charge in [-0.25, -0.2) is 13.4 Å². The number of sulfonamides is 1. The molecule has 0 aliphatic heterocycles. The summed E-state index contributed by atoms with van der Waals surface area (Å²) in [6.07, 6.45) is 2.80. The second-order valence-electron chi connectivity index (χ2n) is 2.80. The Morgan fingerprint density at radius 3 is 2.87 bits per heavy atom. The van der Waals surface area contributed by atoms with Gasteiger partial charge in [-0.1, -0.05) is 0 Å². The standard InChI is InChI=1S/C7H8N4O2S2/c1-5-6(4-9-10-5)15(12,13)11-7-8-2-3-14-7/h2-4H,1H3,(H,8,11)(H,9,10). The molecule has 80 valence electrons. The van der Waals surface area contributed by atoms with Crippen molar-refractivity contribution in [3.8, 4) is 0 Å². The number of rotatable bonds is 3. The molecule has 2 rings (SSSR count). The molecule has 15 heavy (non-hydrogen) atoms. The van der Waals surface area contributed by atoms with Crippen molar-refractivity contribution >= 4 is 26.5 Å². The van der Waals surface area contributed by atoms with Crippen LogP contribution in [0.15, 0.2) is 22.7 Å². The van der Waals surface area contributed by atoms with Crippen LogP contribution in [0.25, 0.3) is 0 Å². The molecule has 0 atom stereocenters. The van der Waals surface area contributed by atoms with Gasteiger partial charge in [-0.15, -0.1) is 11.3 Å². The van der Waals surface area contributed by atoms with Crippen LogP contribution in [0.4, 0.5) is 5.13 Å². The minimum absolute atomic E-state index is 0.137. The van der Waals surface area contributed by atoms with Crippen molar-refractivity contribution in [1.82, 2.24) is 15.2 Å². The maximum atomic E-state index is 11.8. The van der Waals surface area contributed by atoms with E-state index in [9.17, 15) is 8.42 Å². The van der Waals surface area contributed by atoms with Crippen LogP contribution in [0.5, 0.6) is 0 Å². The Morgan fingerprint density at radius 1 is 1.53 bits per heavy atom. The lowest BCUT2D eigenvalue weighted by Gasteiger charge is -2.02. The normalized spacial score (nSPS) is 11.5. The van der Waals surface area contributed by atoms with E-state index in [-0.39, 0.29) is 4.90 Å². The Hall–Kier alpha value is -1.41. The smallest absolute Gasteiger partial charge is 0.267 e. The molecule has 0 aliphatic carbocycles. The zero-order valence-corrected chi connectivity index (χ0v) is 9.39. The van der Waals surface area contributed by atoms with Crippen LogP contribution in [-0.4, -0.2) is 23.6 Å². The Labute approximate surface area is 90.4 Å². The largest absolute Gasteiger partial charge is 0.281 e. The molecule has 0 aliphatic rings. The van der Waals surface area contributed by atoms with Gasteiger partial charge in [0, 0.05) is 11.6 Å². The minimum Gasteiger partial charge on any atom is -0.281 e. The number of hydrogen-bond acceptors (Lipinski definition) is 5. The van der Waals surface area contributed by atoms with Gasteiger partial charge in [-0.2, -0.15) is 5.10 Å². The first kappa shape index (κ1) is 10.1. The maximum absolute atomic E-state index is 11.8. The summed E-state index contributed by atoms with van der Waals surface area (Å²) in [4.78, 5) is 3.98. The number of aromatic nitrogens is 3. The number of aryl methyl sites for hydroxylation is 1. The molecule has 6 nitrogen and oxygen atoms in total. The zero-order valence-electron chi connectivity index (χ0n) is 7.76. The van der Waals surface area contributed by atoms with Crippen molar-refractivity contribution in [2.45, 2.75) is 11.8 Å². The third kappa shape index (κ3) is 2.00. The quantitative estimate of drug-likeness (QED) is 0.842. The van der Waals surface area contributed by atoms with E-state index in [1.165, 1.54) is 23.7 Å². The monoisotopic (exact) mass is 244 g/mol. The topological polar surface area (TPSA) is 87.7 Å². The third-order valence-electron chi connectivity index (χ3n) is 1.73. The molecule has 2 heterocycles. The number of nitrogens with zero attached hydrogens (tertiary/aromatic N) is 2. The van der Waals surface area contributed by atoms with E-state index in [2.05, 4.69) is 19.9 Å². The van der Waals surface area contributed by atoms with Gasteiger partial charge >= 0.3 is 0 Å². The molecule has 0 spiro atoms. The van der Waals surface area contributed by atoms with Crippen LogP contribution in [0.2, 0.25) is 0 Å². The molecule has 0 bridgehead atoms. The molecule has 8 heteroatoms. The molecule has 0 amide bonds. The van der Waals surface area contributed by atoms with E-state index in [0.717, 1.165) is 0 Å². The molecular formula is C7H8N4O2S2. The SMILES string of the molecule is Cc1[nH]ncc1S(=O)(=O)Nc1nccs1. The number of H-pyrrole nitrogens is 1. The zero-order chi connectivity index (χ0) is 10.9. The van der Waals surface area contributed by atoms with Crippen LogP contribution in [0.3, 0.4) is 0 Å². The van der Waals surface area contributed by atoms with Gasteiger partial charge in [0.25, 0.3) is 10.0 Å². The Morgan fingerprint density at radius 2 is 2.33 bits per heavy atom. The van der Waals surface area contributed by atoms with Gasteiger partial charge in [0.2, 0.25) is 0 Å². The Kier molecular flexibility index (Phi) is 2.45. The molecule has 0 saturated heterocycles. The summed E-state index contributed by atoms with van der Waals surface area (Å²) in [7, 11) is -3.57. The van der Waals surface area contributed by atoms with Gasteiger partial charge in [0.05, 0.1) is 11.9 Å². The Balaban J connectivity index is 2.33. The first-order chi connectivity index (χ1) is 7.09. The minimum atomic E-state index is -3.57. The van der Waals surface area contributed by atoms with Crippen molar-refractivity contribution in [3.63, 3.8) is 0 Å². The molecule has 0 radical (unpaired) electrons. The molecule has 0 saturated carbocycles. The van der Waals surface area contributed by atoms with E-state index < -0.39 is 10.0 Å². The van der Waals surface area contributed by atoms with E-state index >= 15 is 0 Å². The first-order valence-electron chi connectivity index (χ1n) is 4.02. The van der Waals surface area contributed by atoms with Crippen molar-refractivity contribution in [2.24, 2.45) is 0 Å². The third-order valence-corrected chi connectivity index (χ3v) is 4.00. The fourth-order valence-corrected chi connectivity index (χ4v) is 2.98. The predicted molar refractivity (Wildman–Crippen MR) is 56.2 cm³/mol. The molecule has 0 unspecified atom stereocenters.